The molecule has 5 rings (SSSR count). The van der Waals surface area contributed by atoms with Crippen LogP contribution in [0.3, 0.4) is 0 Å². The van der Waals surface area contributed by atoms with E-state index < -0.39 is 18.3 Å². The highest BCUT2D eigenvalue weighted by atomic mass is 32.1. The third kappa shape index (κ3) is 4.19. The highest BCUT2D eigenvalue weighted by molar-refractivity contribution is 7.71. The van der Waals surface area contributed by atoms with Crippen LogP contribution < -0.4 is 5.32 Å². The van der Waals surface area contributed by atoms with Crippen molar-refractivity contribution in [3.05, 3.63) is 45.7 Å². The van der Waals surface area contributed by atoms with Gasteiger partial charge >= 0.3 is 6.18 Å². The maximum Gasteiger partial charge on any atom is 0.410 e. The molecule has 3 aromatic rings. The van der Waals surface area contributed by atoms with E-state index in [0.29, 0.717) is 35.3 Å². The van der Waals surface area contributed by atoms with E-state index in [1.807, 2.05) is 32.0 Å². The molecule has 0 bridgehead atoms. The molecule has 2 aromatic heterocycles. The first-order valence-electron chi connectivity index (χ1n) is 11.0. The van der Waals surface area contributed by atoms with Crippen LogP contribution >= 0.6 is 12.2 Å². The van der Waals surface area contributed by atoms with E-state index in [1.165, 1.54) is 0 Å². The Hall–Kier alpha value is -2.66. The molecule has 7 nitrogen and oxygen atoms in total. The van der Waals surface area contributed by atoms with Crippen molar-refractivity contribution < 1.29 is 17.9 Å². The van der Waals surface area contributed by atoms with Gasteiger partial charge < -0.3 is 10.1 Å². The van der Waals surface area contributed by atoms with Gasteiger partial charge in [-0.05, 0) is 55.6 Å². The Bertz CT molecular complexity index is 1220. The summed E-state index contributed by atoms with van der Waals surface area (Å²) in [7, 11) is 0. The van der Waals surface area contributed by atoms with E-state index in [0.717, 1.165) is 34.2 Å². The first-order valence-corrected chi connectivity index (χ1v) is 11.4. The summed E-state index contributed by atoms with van der Waals surface area (Å²) in [6.45, 7) is 5.12. The first-order chi connectivity index (χ1) is 15.7. The summed E-state index contributed by atoms with van der Waals surface area (Å²) in [5.41, 5.74) is 3.30. The number of H-pyrrole nitrogens is 1. The third-order valence-electron chi connectivity index (χ3n) is 6.52. The number of halogens is 3. The summed E-state index contributed by atoms with van der Waals surface area (Å²) >= 11 is 5.36. The molecule has 0 aliphatic carbocycles. The Labute approximate surface area is 194 Å². The van der Waals surface area contributed by atoms with Crippen molar-refractivity contribution in [3.8, 4) is 11.5 Å². The van der Waals surface area contributed by atoms with Crippen LogP contribution in [0.15, 0.2) is 24.3 Å². The molecule has 2 N–H and O–H groups in total. The van der Waals surface area contributed by atoms with Gasteiger partial charge in [0, 0.05) is 19.1 Å². The van der Waals surface area contributed by atoms with Crippen molar-refractivity contribution in [3.63, 3.8) is 0 Å². The highest BCUT2D eigenvalue weighted by Gasteiger charge is 2.46. The number of aromatic nitrogens is 5. The van der Waals surface area contributed by atoms with Crippen LogP contribution in [0.25, 0.3) is 11.5 Å². The molecule has 1 aromatic carbocycles. The lowest BCUT2D eigenvalue weighted by Crippen LogP contribution is -2.35. The Balaban J connectivity index is 1.52. The van der Waals surface area contributed by atoms with E-state index in [2.05, 4.69) is 20.6 Å². The molecule has 0 radical (unpaired) electrons. The van der Waals surface area contributed by atoms with Gasteiger partial charge in [0.05, 0.1) is 18.7 Å². The lowest BCUT2D eigenvalue weighted by molar-refractivity contribution is -0.173. The predicted molar refractivity (Wildman–Crippen MR) is 120 cm³/mol. The maximum atomic E-state index is 14.1. The molecular formula is C22H25F3N6OS. The first kappa shape index (κ1) is 22.1. The molecular weight excluding hydrogens is 453 g/mol. The van der Waals surface area contributed by atoms with Gasteiger partial charge in [0.1, 0.15) is 11.5 Å². The number of alkyl halides is 3. The van der Waals surface area contributed by atoms with Crippen LogP contribution in [0.4, 0.5) is 19.0 Å². The number of benzene rings is 1. The van der Waals surface area contributed by atoms with Gasteiger partial charge in [-0.25, -0.2) is 4.68 Å². The molecule has 2 aliphatic rings. The maximum absolute atomic E-state index is 14.1. The van der Waals surface area contributed by atoms with Gasteiger partial charge in [-0.3, -0.25) is 9.67 Å². The molecule has 1 saturated heterocycles. The molecule has 3 atom stereocenters. The lowest BCUT2D eigenvalue weighted by atomic mass is 9.94. The van der Waals surface area contributed by atoms with Crippen molar-refractivity contribution in [1.29, 1.82) is 0 Å². The zero-order valence-corrected chi connectivity index (χ0v) is 19.1. The number of fused-ring (bicyclic) bond motifs is 1. The zero-order valence-electron chi connectivity index (χ0n) is 18.3. The van der Waals surface area contributed by atoms with Crippen molar-refractivity contribution >= 4 is 18.0 Å². The van der Waals surface area contributed by atoms with Gasteiger partial charge in [-0.1, -0.05) is 18.2 Å². The number of aryl methyl sites for hydroxylation is 2. The number of anilines is 1. The number of aromatic amines is 1. The Kier molecular flexibility index (Phi) is 5.56. The molecule has 1 fully saturated rings. The predicted octanol–water partition coefficient (Wildman–Crippen LogP) is 5.26. The summed E-state index contributed by atoms with van der Waals surface area (Å²) in [5, 5.41) is 14.6. The number of ether oxygens (including phenoxy) is 1. The van der Waals surface area contributed by atoms with Crippen molar-refractivity contribution in [2.24, 2.45) is 0 Å². The Morgan fingerprint density at radius 1 is 1.21 bits per heavy atom. The minimum atomic E-state index is -4.44. The zero-order chi connectivity index (χ0) is 23.3. The Morgan fingerprint density at radius 3 is 2.73 bits per heavy atom. The molecule has 0 saturated carbocycles. The fraction of sp³-hybridized carbons (Fsp3) is 0.500. The van der Waals surface area contributed by atoms with Crippen LogP contribution in [-0.4, -0.2) is 43.4 Å². The second-order valence-corrected chi connectivity index (χ2v) is 9.18. The van der Waals surface area contributed by atoms with Crippen LogP contribution in [0.5, 0.6) is 0 Å². The van der Waals surface area contributed by atoms with Crippen LogP contribution in [0.2, 0.25) is 0 Å². The van der Waals surface area contributed by atoms with E-state index in [9.17, 15) is 13.2 Å². The fourth-order valence-corrected chi connectivity index (χ4v) is 4.76. The minimum absolute atomic E-state index is 0.000459. The summed E-state index contributed by atoms with van der Waals surface area (Å²) in [6.07, 6.45) is -2.72. The average molecular weight is 479 g/mol. The molecule has 0 unspecified atom stereocenters. The average Bonchev–Trinajstić information content (AvgIpc) is 3.49. The van der Waals surface area contributed by atoms with Crippen LogP contribution in [0.1, 0.15) is 48.0 Å². The third-order valence-corrected chi connectivity index (χ3v) is 6.83. The number of nitrogens with zero attached hydrogens (tertiary/aromatic N) is 4. The summed E-state index contributed by atoms with van der Waals surface area (Å²) in [5.74, 6) is 0.710. The molecule has 0 amide bonds. The summed E-state index contributed by atoms with van der Waals surface area (Å²) < 4.78 is 51.1. The standard InChI is InChI=1S/C22H25F3N6OS/c1-12-5-6-14(8-13(12)2)16-9-18(22(23,24)25)31-19(26-16)10-17(29-31)20-27-28-21(33)30(20)11-15-4-3-7-32-15/h5-6,8,10,15-16,18,26H,3-4,7,9,11H2,1-2H3,(H,28,33)/t15-,16+,18+/m1/s1. The van der Waals surface area contributed by atoms with E-state index in [-0.39, 0.29) is 12.5 Å². The molecule has 2 aliphatic heterocycles. The number of hydrogen-bond donors (Lipinski definition) is 2. The normalized spacial score (nSPS) is 22.9. The topological polar surface area (TPSA) is 72.7 Å². The van der Waals surface area contributed by atoms with Gasteiger partial charge in [0.2, 0.25) is 0 Å². The van der Waals surface area contributed by atoms with Crippen LogP contribution in [0, 0.1) is 18.6 Å². The van der Waals surface area contributed by atoms with E-state index in [4.69, 9.17) is 17.0 Å². The fourth-order valence-electron chi connectivity index (χ4n) is 4.56. The summed E-state index contributed by atoms with van der Waals surface area (Å²) in [6, 6.07) is 5.15. The van der Waals surface area contributed by atoms with Crippen molar-refractivity contribution in [1.82, 2.24) is 24.5 Å². The largest absolute Gasteiger partial charge is 0.410 e. The smallest absolute Gasteiger partial charge is 0.376 e. The second-order valence-electron chi connectivity index (χ2n) is 8.79. The summed E-state index contributed by atoms with van der Waals surface area (Å²) in [4.78, 5) is 0. The Morgan fingerprint density at radius 2 is 2.03 bits per heavy atom. The van der Waals surface area contributed by atoms with Gasteiger partial charge in [0.25, 0.3) is 0 Å². The lowest BCUT2D eigenvalue weighted by Gasteiger charge is -2.33. The molecule has 4 heterocycles. The van der Waals surface area contributed by atoms with Gasteiger partial charge in [-0.15, -0.1) is 0 Å². The van der Waals surface area contributed by atoms with Gasteiger partial charge in [0.15, 0.2) is 16.6 Å². The van der Waals surface area contributed by atoms with E-state index >= 15 is 0 Å². The number of rotatable bonds is 4. The van der Waals surface area contributed by atoms with Crippen LogP contribution in [-0.2, 0) is 11.3 Å². The van der Waals surface area contributed by atoms with E-state index in [1.54, 1.807) is 10.6 Å². The number of hydrogen-bond acceptors (Lipinski definition) is 5. The SMILES string of the molecule is Cc1ccc([C@@H]2C[C@@H](C(F)(F)F)n3nc(-c4n[nH]c(=S)n4C[C@H]4CCCO4)cc3N2)cc1C. The quantitative estimate of drug-likeness (QED) is 0.501. The molecule has 0 spiro atoms. The van der Waals surface area contributed by atoms with Crippen molar-refractivity contribution in [2.75, 3.05) is 11.9 Å². The van der Waals surface area contributed by atoms with Gasteiger partial charge in [-0.2, -0.15) is 23.4 Å². The molecule has 33 heavy (non-hydrogen) atoms. The van der Waals surface area contributed by atoms with Crippen molar-refractivity contribution in [2.45, 2.75) is 64.0 Å². The second kappa shape index (κ2) is 8.28. The number of nitrogens with one attached hydrogen (secondary N) is 2. The highest BCUT2D eigenvalue weighted by Crippen LogP contribution is 2.44. The molecule has 176 valence electrons. The monoisotopic (exact) mass is 478 g/mol. The minimum Gasteiger partial charge on any atom is -0.376 e. The molecule has 11 heteroatoms.